The van der Waals surface area contributed by atoms with Crippen LogP contribution in [0.5, 0.6) is 0 Å². The van der Waals surface area contributed by atoms with E-state index in [4.69, 9.17) is 19.1 Å². The third kappa shape index (κ3) is 4.42. The second-order valence-corrected chi connectivity index (χ2v) is 6.74. The lowest BCUT2D eigenvalue weighted by Gasteiger charge is -2.37. The van der Waals surface area contributed by atoms with Crippen molar-refractivity contribution in [1.29, 1.82) is 0 Å². The molecule has 0 amide bonds. The molecule has 0 aliphatic carbocycles. The van der Waals surface area contributed by atoms with Crippen LogP contribution in [0.25, 0.3) is 0 Å². The first kappa shape index (κ1) is 19.6. The molecule has 0 saturated carbocycles. The Morgan fingerprint density at radius 2 is 0.926 bits per heavy atom. The van der Waals surface area contributed by atoms with Gasteiger partial charge in [0, 0.05) is 0 Å². The van der Waals surface area contributed by atoms with Crippen molar-refractivity contribution >= 4 is 8.53 Å². The van der Waals surface area contributed by atoms with E-state index in [-0.39, 0.29) is 0 Å². The number of nitrogens with one attached hydrogen (secondary N) is 1. The Kier molecular flexibility index (Phi) is 7.07. The van der Waals surface area contributed by atoms with Crippen LogP contribution in [-0.4, -0.2) is 14.2 Å². The van der Waals surface area contributed by atoms with Gasteiger partial charge in [-0.05, 0) is 16.7 Å². The van der Waals surface area contributed by atoms with Gasteiger partial charge in [0.15, 0.2) is 0 Å². The van der Waals surface area contributed by atoms with E-state index in [0.29, 0.717) is 0 Å². The van der Waals surface area contributed by atoms with E-state index in [9.17, 15) is 0 Å². The van der Waals surface area contributed by atoms with Crippen LogP contribution in [0.1, 0.15) is 16.7 Å². The maximum atomic E-state index is 5.31. The van der Waals surface area contributed by atoms with Gasteiger partial charge in [-0.15, -0.1) is 0 Å². The van der Waals surface area contributed by atoms with Gasteiger partial charge < -0.3 is 0 Å². The van der Waals surface area contributed by atoms with Crippen LogP contribution < -0.4 is 5.09 Å². The van der Waals surface area contributed by atoms with Crippen molar-refractivity contribution < 1.29 is 19.1 Å². The van der Waals surface area contributed by atoms with Crippen LogP contribution >= 0.6 is 8.53 Å². The molecule has 0 aliphatic rings. The smallest absolute Gasteiger partial charge is 0.233 e. The van der Waals surface area contributed by atoms with E-state index in [1.807, 2.05) is 54.6 Å². The average Bonchev–Trinajstić information content (AvgIpc) is 2.74. The molecule has 0 aromatic heterocycles. The summed E-state index contributed by atoms with van der Waals surface area (Å²) in [6, 6.07) is 30.4. The number of rotatable bonds is 9. The lowest BCUT2D eigenvalue weighted by Crippen LogP contribution is -2.42. The van der Waals surface area contributed by atoms with E-state index in [0.717, 1.165) is 16.7 Å². The summed E-state index contributed by atoms with van der Waals surface area (Å²) in [4.78, 5) is 9.74. The molecule has 0 radical (unpaired) electrons. The monoisotopic (exact) mass is 383 g/mol. The summed E-state index contributed by atoms with van der Waals surface area (Å²) < 4.78 is 10.6. The van der Waals surface area contributed by atoms with Crippen molar-refractivity contribution in [3.63, 3.8) is 0 Å². The van der Waals surface area contributed by atoms with Gasteiger partial charge in [0.05, 0.1) is 14.2 Å². The van der Waals surface area contributed by atoms with Gasteiger partial charge in [0.1, 0.15) is 5.54 Å². The van der Waals surface area contributed by atoms with Crippen LogP contribution in [0.15, 0.2) is 91.0 Å². The topological polar surface area (TPSA) is 49.0 Å². The summed E-state index contributed by atoms with van der Waals surface area (Å²) in [5.41, 5.74) is 2.38. The molecule has 27 heavy (non-hydrogen) atoms. The zero-order chi connectivity index (χ0) is 19.0. The fourth-order valence-electron chi connectivity index (χ4n) is 3.08. The molecular formula is C21H22NO4P. The van der Waals surface area contributed by atoms with E-state index >= 15 is 0 Å². The Hall–Kier alpha value is -2.11. The van der Waals surface area contributed by atoms with Crippen molar-refractivity contribution in [3.05, 3.63) is 108 Å². The summed E-state index contributed by atoms with van der Waals surface area (Å²) in [5, 5.41) is 3.49. The molecule has 0 unspecified atom stereocenters. The minimum atomic E-state index is -1.71. The number of benzene rings is 3. The van der Waals surface area contributed by atoms with Gasteiger partial charge in [0.25, 0.3) is 0 Å². The molecule has 3 aromatic carbocycles. The first-order chi connectivity index (χ1) is 13.3. The first-order valence-corrected chi connectivity index (χ1v) is 9.65. The Morgan fingerprint density at radius 1 is 0.593 bits per heavy atom. The summed E-state index contributed by atoms with van der Waals surface area (Å²) in [7, 11) is 1.16. The standard InChI is InChI=1S/C21H22NO4P/c1-23-25-27(26-24-2)22-21(18-12-6-3-7-13-18,19-14-8-4-9-15-19)20-16-10-5-11-17-20/h3-17,22H,1-2H3. The fraction of sp³-hybridized carbons (Fsp3) is 0.143. The largest absolute Gasteiger partial charge is 0.322 e. The Bertz CT molecular complexity index is 700. The maximum Gasteiger partial charge on any atom is 0.322 e. The highest BCUT2D eigenvalue weighted by molar-refractivity contribution is 7.44. The van der Waals surface area contributed by atoms with Crippen LogP contribution in [0.4, 0.5) is 0 Å². The molecule has 0 atom stereocenters. The van der Waals surface area contributed by atoms with Crippen LogP contribution in [-0.2, 0) is 24.7 Å². The summed E-state index contributed by atoms with van der Waals surface area (Å²) in [5.74, 6) is 0. The summed E-state index contributed by atoms with van der Waals surface area (Å²) >= 11 is 0. The maximum absolute atomic E-state index is 5.31. The van der Waals surface area contributed by atoms with E-state index in [1.54, 1.807) is 0 Å². The molecule has 140 valence electrons. The fourth-order valence-corrected chi connectivity index (χ4v) is 4.11. The third-order valence-corrected chi connectivity index (χ3v) is 5.25. The molecule has 0 bridgehead atoms. The van der Waals surface area contributed by atoms with Gasteiger partial charge in [-0.2, -0.15) is 9.35 Å². The SMILES string of the molecule is COOP(NC(c1ccccc1)(c1ccccc1)c1ccccc1)OOC. The van der Waals surface area contributed by atoms with Gasteiger partial charge in [-0.25, -0.2) is 14.9 Å². The van der Waals surface area contributed by atoms with Crippen molar-refractivity contribution in [2.24, 2.45) is 0 Å². The number of hydrogen-bond donors (Lipinski definition) is 1. The lowest BCUT2D eigenvalue weighted by molar-refractivity contribution is -0.233. The van der Waals surface area contributed by atoms with E-state index in [2.05, 4.69) is 41.5 Å². The highest BCUT2D eigenvalue weighted by atomic mass is 31.2. The zero-order valence-electron chi connectivity index (χ0n) is 15.2. The Balaban J connectivity index is 2.22. The van der Waals surface area contributed by atoms with Crippen molar-refractivity contribution in [2.75, 3.05) is 14.2 Å². The highest BCUT2D eigenvalue weighted by Crippen LogP contribution is 2.46. The molecule has 6 heteroatoms. The molecule has 3 rings (SSSR count). The molecule has 5 nitrogen and oxygen atoms in total. The Morgan fingerprint density at radius 3 is 1.22 bits per heavy atom. The molecule has 0 fully saturated rings. The van der Waals surface area contributed by atoms with E-state index in [1.165, 1.54) is 14.2 Å². The molecule has 3 aromatic rings. The van der Waals surface area contributed by atoms with Crippen LogP contribution in [0.3, 0.4) is 0 Å². The minimum absolute atomic E-state index is 0.730. The van der Waals surface area contributed by atoms with Crippen molar-refractivity contribution in [1.82, 2.24) is 5.09 Å². The second-order valence-electron chi connectivity index (χ2n) is 5.70. The molecule has 0 spiro atoms. The highest BCUT2D eigenvalue weighted by Gasteiger charge is 2.40. The molecular weight excluding hydrogens is 361 g/mol. The summed E-state index contributed by atoms with van der Waals surface area (Å²) in [6.07, 6.45) is 0. The van der Waals surface area contributed by atoms with Crippen LogP contribution in [0, 0.1) is 0 Å². The number of hydrogen-bond acceptors (Lipinski definition) is 5. The van der Waals surface area contributed by atoms with Gasteiger partial charge >= 0.3 is 8.53 Å². The quantitative estimate of drug-likeness (QED) is 0.245. The van der Waals surface area contributed by atoms with Crippen molar-refractivity contribution in [2.45, 2.75) is 5.54 Å². The predicted octanol–water partition coefficient (Wildman–Crippen LogP) is 4.95. The van der Waals surface area contributed by atoms with Gasteiger partial charge in [0.2, 0.25) is 0 Å². The average molecular weight is 383 g/mol. The van der Waals surface area contributed by atoms with Gasteiger partial charge in [-0.3, -0.25) is 0 Å². The lowest BCUT2D eigenvalue weighted by atomic mass is 9.78. The second kappa shape index (κ2) is 9.72. The van der Waals surface area contributed by atoms with Crippen LogP contribution in [0.2, 0.25) is 0 Å². The Labute approximate surface area is 160 Å². The minimum Gasteiger partial charge on any atom is -0.233 e. The molecule has 1 N–H and O–H groups in total. The third-order valence-electron chi connectivity index (χ3n) is 4.16. The zero-order valence-corrected chi connectivity index (χ0v) is 16.1. The first-order valence-electron chi connectivity index (χ1n) is 8.47. The van der Waals surface area contributed by atoms with Crippen molar-refractivity contribution in [3.8, 4) is 0 Å². The normalized spacial score (nSPS) is 11.7. The molecule has 0 heterocycles. The van der Waals surface area contributed by atoms with E-state index < -0.39 is 14.1 Å². The summed E-state index contributed by atoms with van der Waals surface area (Å²) in [6.45, 7) is 0. The predicted molar refractivity (Wildman–Crippen MR) is 105 cm³/mol. The molecule has 0 aliphatic heterocycles. The molecule has 0 saturated heterocycles. The van der Waals surface area contributed by atoms with Gasteiger partial charge in [-0.1, -0.05) is 91.0 Å².